The number of anilines is 2. The van der Waals surface area contributed by atoms with Crippen LogP contribution in [0.2, 0.25) is 0 Å². The van der Waals surface area contributed by atoms with E-state index in [1.165, 1.54) is 29.6 Å². The van der Waals surface area contributed by atoms with E-state index >= 15 is 0 Å². The van der Waals surface area contributed by atoms with E-state index < -0.39 is 15.8 Å². The van der Waals surface area contributed by atoms with Crippen molar-refractivity contribution in [2.45, 2.75) is 43.4 Å². The van der Waals surface area contributed by atoms with E-state index in [0.29, 0.717) is 35.6 Å². The highest BCUT2D eigenvalue weighted by Crippen LogP contribution is 2.40. The highest BCUT2D eigenvalue weighted by molar-refractivity contribution is 7.89. The van der Waals surface area contributed by atoms with Crippen LogP contribution in [0, 0.1) is 5.82 Å². The van der Waals surface area contributed by atoms with Crippen molar-refractivity contribution in [3.8, 4) is 5.75 Å². The van der Waals surface area contributed by atoms with Crippen LogP contribution >= 0.6 is 0 Å². The topological polar surface area (TPSA) is 75.7 Å². The van der Waals surface area contributed by atoms with Crippen LogP contribution in [0.25, 0.3) is 0 Å². The molecule has 1 heterocycles. The van der Waals surface area contributed by atoms with Gasteiger partial charge in [0.1, 0.15) is 16.5 Å². The molecule has 160 valence electrons. The van der Waals surface area contributed by atoms with Crippen LogP contribution in [-0.4, -0.2) is 38.7 Å². The van der Waals surface area contributed by atoms with Gasteiger partial charge in [-0.15, -0.1) is 0 Å². The molecule has 30 heavy (non-hydrogen) atoms. The molecule has 0 amide bonds. The third kappa shape index (κ3) is 3.58. The number of nitrogens with zero attached hydrogens (tertiary/aromatic N) is 1. The van der Waals surface area contributed by atoms with Crippen molar-refractivity contribution in [1.29, 1.82) is 0 Å². The molecule has 2 aromatic rings. The Balaban J connectivity index is 1.73. The van der Waals surface area contributed by atoms with Gasteiger partial charge in [-0.1, -0.05) is 13.3 Å². The van der Waals surface area contributed by atoms with Crippen LogP contribution < -0.4 is 10.1 Å². The first-order chi connectivity index (χ1) is 14.3. The summed E-state index contributed by atoms with van der Waals surface area (Å²) in [5.74, 6) is -0.425. The number of hydrogen-bond donors (Lipinski definition) is 1. The van der Waals surface area contributed by atoms with Crippen LogP contribution in [0.1, 0.15) is 54.4 Å². The standard InChI is InChI=1S/C22H25FN2O4S/c1-14-12-18(26)22-17(8-7-16(23)21(14)22)24-15-6-9-19(29-2)20(13-15)30(27,28)25-10-4-3-5-11-25/h6-9,13-14,24H,3-5,10-12H2,1-2H3/t14-/m0/s1. The lowest BCUT2D eigenvalue weighted by atomic mass is 10.0. The fourth-order valence-corrected chi connectivity index (χ4v) is 6.02. The Bertz CT molecular complexity index is 1090. The average Bonchev–Trinajstić information content (AvgIpc) is 3.05. The number of ether oxygens (including phenoxy) is 1. The van der Waals surface area contributed by atoms with Gasteiger partial charge < -0.3 is 10.1 Å². The predicted octanol–water partition coefficient (Wildman–Crippen LogP) is 4.44. The van der Waals surface area contributed by atoms with Crippen molar-refractivity contribution in [3.63, 3.8) is 0 Å². The molecule has 0 bridgehead atoms. The number of hydrogen-bond acceptors (Lipinski definition) is 5. The molecule has 1 atom stereocenters. The molecule has 8 heteroatoms. The van der Waals surface area contributed by atoms with Gasteiger partial charge in [-0.3, -0.25) is 4.79 Å². The molecule has 1 aliphatic carbocycles. The third-order valence-electron chi connectivity index (χ3n) is 5.83. The molecule has 0 saturated carbocycles. The van der Waals surface area contributed by atoms with Gasteiger partial charge in [0.2, 0.25) is 10.0 Å². The number of halogens is 1. The van der Waals surface area contributed by atoms with Crippen LogP contribution in [0.5, 0.6) is 5.75 Å². The van der Waals surface area contributed by atoms with Crippen molar-refractivity contribution < 1.29 is 22.3 Å². The number of methoxy groups -OCH3 is 1. The molecular weight excluding hydrogens is 407 g/mol. The Morgan fingerprint density at radius 1 is 1.13 bits per heavy atom. The van der Waals surface area contributed by atoms with Crippen molar-refractivity contribution in [2.75, 3.05) is 25.5 Å². The summed E-state index contributed by atoms with van der Waals surface area (Å²) >= 11 is 0. The quantitative estimate of drug-likeness (QED) is 0.756. The van der Waals surface area contributed by atoms with Crippen LogP contribution in [0.15, 0.2) is 35.2 Å². The molecule has 2 aliphatic rings. The second kappa shape index (κ2) is 8.00. The number of carbonyl (C=O) groups excluding carboxylic acids is 1. The first kappa shape index (κ1) is 20.8. The number of benzene rings is 2. The largest absolute Gasteiger partial charge is 0.495 e. The van der Waals surface area contributed by atoms with Crippen molar-refractivity contribution >= 4 is 27.2 Å². The van der Waals surface area contributed by atoms with E-state index in [0.717, 1.165) is 19.3 Å². The molecule has 1 fully saturated rings. The number of nitrogens with one attached hydrogen (secondary N) is 1. The molecule has 6 nitrogen and oxygen atoms in total. The maximum Gasteiger partial charge on any atom is 0.246 e. The van der Waals surface area contributed by atoms with Gasteiger partial charge >= 0.3 is 0 Å². The predicted molar refractivity (Wildman–Crippen MR) is 113 cm³/mol. The number of fused-ring (bicyclic) bond motifs is 1. The summed E-state index contributed by atoms with van der Waals surface area (Å²) in [4.78, 5) is 12.5. The first-order valence-corrected chi connectivity index (χ1v) is 11.6. The fourth-order valence-electron chi connectivity index (χ4n) is 4.32. The Labute approximate surface area is 176 Å². The summed E-state index contributed by atoms with van der Waals surface area (Å²) in [6.07, 6.45) is 2.96. The van der Waals surface area contributed by atoms with Gasteiger partial charge in [-0.05, 0) is 49.1 Å². The summed E-state index contributed by atoms with van der Waals surface area (Å²) in [7, 11) is -2.28. The second-order valence-electron chi connectivity index (χ2n) is 7.87. The Kier molecular flexibility index (Phi) is 5.55. The molecule has 1 aliphatic heterocycles. The minimum Gasteiger partial charge on any atom is -0.495 e. The molecule has 0 radical (unpaired) electrons. The number of ketones is 1. The minimum absolute atomic E-state index is 0.0790. The molecular formula is C22H25FN2O4S. The lowest BCUT2D eigenvalue weighted by Gasteiger charge is -2.26. The zero-order chi connectivity index (χ0) is 21.5. The number of sulfonamides is 1. The Morgan fingerprint density at radius 3 is 2.57 bits per heavy atom. The van der Waals surface area contributed by atoms with Gasteiger partial charge in [0.25, 0.3) is 0 Å². The van der Waals surface area contributed by atoms with Gasteiger partial charge in [0.05, 0.1) is 7.11 Å². The van der Waals surface area contributed by atoms with E-state index in [9.17, 15) is 17.6 Å². The number of carbonyl (C=O) groups is 1. The zero-order valence-electron chi connectivity index (χ0n) is 17.1. The third-order valence-corrected chi connectivity index (χ3v) is 7.75. The SMILES string of the molecule is COc1ccc(Nc2ccc(F)c3c2C(=O)C[C@@H]3C)cc1S(=O)(=O)N1CCCCC1. The van der Waals surface area contributed by atoms with E-state index in [-0.39, 0.29) is 28.8 Å². The molecule has 0 spiro atoms. The molecule has 1 N–H and O–H groups in total. The molecule has 0 aromatic heterocycles. The molecule has 4 rings (SSSR count). The second-order valence-corrected chi connectivity index (χ2v) is 9.77. The smallest absolute Gasteiger partial charge is 0.246 e. The van der Waals surface area contributed by atoms with Crippen LogP contribution in [0.3, 0.4) is 0 Å². The van der Waals surface area contributed by atoms with Crippen molar-refractivity contribution in [3.05, 3.63) is 47.3 Å². The Hall–Kier alpha value is -2.45. The van der Waals surface area contributed by atoms with Gasteiger partial charge in [-0.2, -0.15) is 4.31 Å². The van der Waals surface area contributed by atoms with E-state index in [1.807, 2.05) is 6.92 Å². The highest BCUT2D eigenvalue weighted by atomic mass is 32.2. The van der Waals surface area contributed by atoms with Gasteiger partial charge in [0, 0.05) is 42.0 Å². The average molecular weight is 433 g/mol. The first-order valence-electron chi connectivity index (χ1n) is 10.1. The van der Waals surface area contributed by atoms with Crippen LogP contribution in [0.4, 0.5) is 15.8 Å². The molecule has 1 saturated heterocycles. The van der Waals surface area contributed by atoms with E-state index in [2.05, 4.69) is 5.32 Å². The number of piperidine rings is 1. The normalized spacial score (nSPS) is 19.6. The summed E-state index contributed by atoms with van der Waals surface area (Å²) in [5, 5.41) is 3.12. The monoisotopic (exact) mass is 432 g/mol. The molecule has 0 unspecified atom stereocenters. The molecule has 2 aromatic carbocycles. The lowest BCUT2D eigenvalue weighted by molar-refractivity contribution is 0.0991. The summed E-state index contributed by atoms with van der Waals surface area (Å²) in [6.45, 7) is 2.80. The maximum atomic E-state index is 14.3. The summed E-state index contributed by atoms with van der Waals surface area (Å²) in [5.41, 5.74) is 1.73. The van der Waals surface area contributed by atoms with Crippen molar-refractivity contribution in [1.82, 2.24) is 4.31 Å². The zero-order valence-corrected chi connectivity index (χ0v) is 17.9. The highest BCUT2D eigenvalue weighted by Gasteiger charge is 2.32. The maximum absolute atomic E-state index is 14.3. The summed E-state index contributed by atoms with van der Waals surface area (Å²) < 4.78 is 47.5. The lowest BCUT2D eigenvalue weighted by Crippen LogP contribution is -2.35. The minimum atomic E-state index is -3.72. The number of rotatable bonds is 5. The van der Waals surface area contributed by atoms with E-state index in [1.54, 1.807) is 12.1 Å². The van der Waals surface area contributed by atoms with E-state index in [4.69, 9.17) is 4.74 Å². The number of Topliss-reactive ketones (excluding diaryl/α,β-unsaturated/α-hetero) is 1. The Morgan fingerprint density at radius 2 is 1.87 bits per heavy atom. The van der Waals surface area contributed by atoms with Crippen LogP contribution in [-0.2, 0) is 10.0 Å². The van der Waals surface area contributed by atoms with Gasteiger partial charge in [0.15, 0.2) is 5.78 Å². The van der Waals surface area contributed by atoms with Gasteiger partial charge in [-0.25, -0.2) is 12.8 Å². The summed E-state index contributed by atoms with van der Waals surface area (Å²) in [6, 6.07) is 7.65. The van der Waals surface area contributed by atoms with Crippen molar-refractivity contribution in [2.24, 2.45) is 0 Å². The fraction of sp³-hybridized carbons (Fsp3) is 0.409.